The highest BCUT2D eigenvalue weighted by Crippen LogP contribution is 2.52. The summed E-state index contributed by atoms with van der Waals surface area (Å²) < 4.78 is 72.8. The molecule has 8 atom stereocenters. The van der Waals surface area contributed by atoms with E-state index in [-0.39, 0.29) is 74.7 Å². The Morgan fingerprint density at radius 2 is 0.929 bits per heavy atom. The standard InChI is InChI=1S/C26H42N5O9PS2.C20H40NO4PS2.C12H17N5O4.C4H10O3/c1-24(2,3)22(33)42-11-9-37-41(36,38-10-12-43-23(34)25(4,5)6)39-14-17-18(32)26(7,35)19(40-17)16-13-28-21-20(27-8)29-15-30-31(16)21;1-15(2)21(16(3)4)26(24-11-13-27-17(22)19(5,6)7)25-12-14-28-18(23)20(8,9)10;1-12(20)8(19)7(4-18)21-9(12)6-3-14-11-10(13-2)15-5-16-17(6)11;1-5-4(6-2)7-3/h13,15,17-19,32,35H,9-12,14H2,1-8H3,(H,27,29,30);15-16H,11-14H2,1-10H3;3,5,7-9,18-20H,4H2,1-2H3,(H,13,15,16);4H,1-3H3/t17-,18-,19+,26-;;7-,8-,9+,12-;/m1.1./s1. The van der Waals surface area contributed by atoms with E-state index in [0.29, 0.717) is 59.0 Å². The molecule has 0 saturated carbocycles. The number of aliphatic hydroxyl groups is 5. The van der Waals surface area contributed by atoms with Gasteiger partial charge in [0.1, 0.15) is 60.5 Å². The smallest absolute Gasteiger partial charge is 0.394 e. The summed E-state index contributed by atoms with van der Waals surface area (Å²) in [5.41, 5.74) is -3.44. The Hall–Kier alpha value is -3.20. The first-order chi connectivity index (χ1) is 45.9. The highest BCUT2D eigenvalue weighted by molar-refractivity contribution is 8.14. The van der Waals surface area contributed by atoms with E-state index < -0.39 is 88.1 Å². The number of anilines is 2. The number of methoxy groups -OCH3 is 3. The summed E-state index contributed by atoms with van der Waals surface area (Å²) in [6, 6.07) is 0.553. The van der Waals surface area contributed by atoms with Gasteiger partial charge in [-0.25, -0.2) is 38.2 Å². The molecule has 4 aromatic rings. The zero-order valence-corrected chi connectivity index (χ0v) is 66.5. The number of imidazole rings is 2. The molecule has 6 rings (SSSR count). The number of carbonyl (C=O) groups is 4. The van der Waals surface area contributed by atoms with Crippen LogP contribution in [-0.4, -0.2) is 242 Å². The molecule has 0 bridgehead atoms. The van der Waals surface area contributed by atoms with E-state index in [1.54, 1.807) is 55.6 Å². The van der Waals surface area contributed by atoms with Crippen molar-refractivity contribution < 1.29 is 95.6 Å². The summed E-state index contributed by atoms with van der Waals surface area (Å²) in [4.78, 5) is 65.3. The van der Waals surface area contributed by atoms with Gasteiger partial charge in [-0.3, -0.25) is 32.7 Å². The molecular weight excluding hydrogens is 1410 g/mol. The Bertz CT molecular complexity index is 3110. The second kappa shape index (κ2) is 40.3. The number of hydrogen-bond donors (Lipinski definition) is 7. The van der Waals surface area contributed by atoms with E-state index >= 15 is 0 Å². The van der Waals surface area contributed by atoms with Crippen LogP contribution in [-0.2, 0) is 70.0 Å². The quantitative estimate of drug-likeness (QED) is 0.0146. The van der Waals surface area contributed by atoms with Crippen LogP contribution in [0.2, 0.25) is 0 Å². The lowest BCUT2D eigenvalue weighted by Crippen LogP contribution is -2.43. The number of fused-ring (bicyclic) bond motifs is 2. The van der Waals surface area contributed by atoms with Crippen LogP contribution in [0, 0.1) is 21.7 Å². The number of phosphoric acid groups is 1. The van der Waals surface area contributed by atoms with Gasteiger partial charge in [0, 0.05) is 92.2 Å². The number of phosphoric ester groups is 1. The van der Waals surface area contributed by atoms with E-state index in [1.807, 2.05) is 41.5 Å². The third-order valence-corrected chi connectivity index (χ3v) is 22.8. The first kappa shape index (κ1) is 90.0. The van der Waals surface area contributed by atoms with Gasteiger partial charge in [-0.05, 0) is 41.5 Å². The average molecular weight is 1520 g/mol. The first-order valence-electron chi connectivity index (χ1n) is 32.0. The molecule has 0 aromatic carbocycles. The Morgan fingerprint density at radius 1 is 0.596 bits per heavy atom. The SMILES string of the molecule is CC(C)N(C(C)C)P(OCCSC(=O)C(C)(C)C)OCCSC(=O)C(C)(C)C.CNc1ncnn2c([C@@H]3O[C@H](CO)[C@@H](O)[C@@]3(C)O)cnc12.CNc1ncnn2c([C@@H]3O[C@H](COP(=O)(OCCSC(=O)C(C)(C)C)OCCSC(=O)C(C)(C)C)[C@@H](O)[C@@]3(C)O)cnc12.COC(OC)OC. The van der Waals surface area contributed by atoms with Gasteiger partial charge >= 0.3 is 7.82 Å². The molecule has 566 valence electrons. The first-order valence-corrected chi connectivity index (χ1v) is 38.6. The largest absolute Gasteiger partial charge is 0.474 e. The van der Waals surface area contributed by atoms with Gasteiger partial charge in [0.25, 0.3) is 15.0 Å². The molecule has 0 unspecified atom stereocenters. The predicted molar refractivity (Wildman–Crippen MR) is 385 cm³/mol. The van der Waals surface area contributed by atoms with Gasteiger partial charge in [0.2, 0.25) is 0 Å². The molecule has 31 nitrogen and oxygen atoms in total. The lowest BCUT2D eigenvalue weighted by molar-refractivity contribution is -0.252. The second-order valence-corrected chi connectivity index (χ2v) is 35.0. The Morgan fingerprint density at radius 3 is 1.22 bits per heavy atom. The molecule has 2 fully saturated rings. The summed E-state index contributed by atoms with van der Waals surface area (Å²) in [6.07, 6.45) is -0.951. The third-order valence-electron chi connectivity index (χ3n) is 14.3. The van der Waals surface area contributed by atoms with Crippen molar-refractivity contribution in [3.63, 3.8) is 0 Å². The van der Waals surface area contributed by atoms with Crippen molar-refractivity contribution in [3.05, 3.63) is 36.4 Å². The molecule has 4 aromatic heterocycles. The lowest BCUT2D eigenvalue weighted by Gasteiger charge is -2.35. The van der Waals surface area contributed by atoms with E-state index in [4.69, 9.17) is 32.1 Å². The van der Waals surface area contributed by atoms with E-state index in [9.17, 15) is 49.3 Å². The van der Waals surface area contributed by atoms with Gasteiger partial charge in [-0.1, -0.05) is 130 Å². The Kier molecular flexibility index (Phi) is 36.7. The van der Waals surface area contributed by atoms with Gasteiger partial charge in [-0.2, -0.15) is 10.2 Å². The molecule has 2 aliphatic rings. The van der Waals surface area contributed by atoms with Gasteiger partial charge in [0.15, 0.2) is 43.4 Å². The van der Waals surface area contributed by atoms with E-state index in [1.165, 1.54) is 92.8 Å². The topological polar surface area (TPSA) is 392 Å². The van der Waals surface area contributed by atoms with Crippen LogP contribution in [0.3, 0.4) is 0 Å². The summed E-state index contributed by atoms with van der Waals surface area (Å²) in [5.74, 6) is 2.62. The summed E-state index contributed by atoms with van der Waals surface area (Å²) in [7, 11) is 2.45. The maximum Gasteiger partial charge on any atom is 0.474 e. The molecular formula is C62H109N11O20P2S4. The fourth-order valence-electron chi connectivity index (χ4n) is 8.87. The van der Waals surface area contributed by atoms with Crippen LogP contribution in [0.1, 0.15) is 148 Å². The maximum absolute atomic E-state index is 13.6. The number of nitrogens with one attached hydrogen (secondary N) is 2. The van der Waals surface area contributed by atoms with Crippen LogP contribution in [0.5, 0.6) is 0 Å². The summed E-state index contributed by atoms with van der Waals surface area (Å²) in [5, 5.41) is 66.3. The molecule has 0 spiro atoms. The molecule has 0 amide bonds. The fourth-order valence-corrected chi connectivity index (χ4v) is 15.3. The molecule has 37 heteroatoms. The number of ether oxygens (including phenoxy) is 5. The van der Waals surface area contributed by atoms with E-state index in [2.05, 4.69) is 87.3 Å². The minimum atomic E-state index is -4.24. The highest BCUT2D eigenvalue weighted by Gasteiger charge is 2.55. The highest BCUT2D eigenvalue weighted by atomic mass is 32.2. The lowest BCUT2D eigenvalue weighted by atomic mass is 9.91. The van der Waals surface area contributed by atoms with Crippen LogP contribution < -0.4 is 10.6 Å². The minimum Gasteiger partial charge on any atom is -0.394 e. The molecule has 99 heavy (non-hydrogen) atoms. The van der Waals surface area contributed by atoms with Crippen LogP contribution in [0.4, 0.5) is 11.6 Å². The van der Waals surface area contributed by atoms with Gasteiger partial charge in [0.05, 0.1) is 63.4 Å². The molecule has 0 aliphatic carbocycles. The van der Waals surface area contributed by atoms with Crippen molar-refractivity contribution in [1.29, 1.82) is 0 Å². The second-order valence-electron chi connectivity index (χ2n) is 27.6. The number of nitrogens with zero attached hydrogens (tertiary/aromatic N) is 9. The zero-order valence-electron chi connectivity index (χ0n) is 61.5. The predicted octanol–water partition coefficient (Wildman–Crippen LogP) is 8.38. The van der Waals surface area contributed by atoms with Crippen molar-refractivity contribution >= 4 is 107 Å². The minimum absolute atomic E-state index is 0.0554. The summed E-state index contributed by atoms with van der Waals surface area (Å²) in [6.45, 7) is 33.0. The molecule has 2 saturated heterocycles. The Balaban J connectivity index is 0.000000390. The van der Waals surface area contributed by atoms with Crippen molar-refractivity contribution in [1.82, 2.24) is 43.8 Å². The van der Waals surface area contributed by atoms with Crippen LogP contribution in [0.15, 0.2) is 25.0 Å². The van der Waals surface area contributed by atoms with Crippen LogP contribution in [0.25, 0.3) is 11.3 Å². The third kappa shape index (κ3) is 26.7. The molecule has 0 radical (unpaired) electrons. The zero-order chi connectivity index (χ0) is 75.2. The van der Waals surface area contributed by atoms with Crippen molar-refractivity contribution in [2.75, 3.05) is 109 Å². The average Bonchev–Trinajstić information content (AvgIpc) is 1.61. The fraction of sp³-hybridized carbons (Fsp3) is 0.774. The maximum atomic E-state index is 13.6. The molecule has 7 N–H and O–H groups in total. The number of aliphatic hydroxyl groups excluding tert-OH is 3. The Labute approximate surface area is 600 Å². The number of aromatic nitrogens is 8. The van der Waals surface area contributed by atoms with Gasteiger partial charge in [-0.15, -0.1) is 0 Å². The van der Waals surface area contributed by atoms with Gasteiger partial charge < -0.3 is 68.9 Å². The summed E-state index contributed by atoms with van der Waals surface area (Å²) >= 11 is 4.70. The normalized spacial score (nSPS) is 21.5. The van der Waals surface area contributed by atoms with Crippen molar-refractivity contribution in [2.45, 2.75) is 191 Å². The van der Waals surface area contributed by atoms with E-state index in [0.717, 1.165) is 23.5 Å². The molecule has 6 heterocycles. The van der Waals surface area contributed by atoms with Crippen molar-refractivity contribution in [3.8, 4) is 0 Å². The van der Waals surface area contributed by atoms with Crippen molar-refractivity contribution in [2.24, 2.45) is 21.7 Å². The number of rotatable bonds is 30. The van der Waals surface area contributed by atoms with Crippen LogP contribution >= 0.6 is 63.4 Å². The number of carbonyl (C=O) groups excluding carboxylic acids is 4. The molecule has 2 aliphatic heterocycles. The monoisotopic (exact) mass is 1520 g/mol. The number of hydrogen-bond acceptors (Lipinski definition) is 33. The number of thioether (sulfide) groups is 4.